The van der Waals surface area contributed by atoms with Crippen LogP contribution in [-0.2, 0) is 4.79 Å². The molecule has 0 saturated heterocycles. The summed E-state index contributed by atoms with van der Waals surface area (Å²) in [5.41, 5.74) is -0.579. The number of benzene rings is 1. The molecule has 1 aromatic rings. The molecule has 0 aromatic heterocycles. The van der Waals surface area contributed by atoms with Crippen LogP contribution in [0.2, 0.25) is 0 Å². The highest BCUT2D eigenvalue weighted by Gasteiger charge is 2.36. The quantitative estimate of drug-likeness (QED) is 0.876. The van der Waals surface area contributed by atoms with Gasteiger partial charge in [0.1, 0.15) is 18.4 Å². The molecule has 0 bridgehead atoms. The number of nitrogens with zero attached hydrogens (tertiary/aromatic N) is 1. The Morgan fingerprint density at radius 1 is 1.40 bits per heavy atom. The summed E-state index contributed by atoms with van der Waals surface area (Å²) in [6, 6.07) is 8.89. The highest BCUT2D eigenvalue weighted by molar-refractivity contribution is 5.70. The number of ether oxygens (including phenoxy) is 1. The fourth-order valence-corrected chi connectivity index (χ4v) is 2.44. The van der Waals surface area contributed by atoms with Gasteiger partial charge in [-0.05, 0) is 37.8 Å². The van der Waals surface area contributed by atoms with Gasteiger partial charge < -0.3 is 14.9 Å². The number of carboxylic acids is 1. The van der Waals surface area contributed by atoms with Crippen LogP contribution < -0.4 is 4.74 Å². The standard InChI is InChI=1S/C15H17NO4/c16-9-12-3-1-2-4-13(12)20-10-15(19)7-5-11(6-8-15)14(17)18/h1-4,11,19H,5-8,10H2,(H,17,18). The molecule has 1 fully saturated rings. The first-order valence-electron chi connectivity index (χ1n) is 6.61. The van der Waals surface area contributed by atoms with Crippen molar-refractivity contribution in [2.45, 2.75) is 31.3 Å². The van der Waals surface area contributed by atoms with Crippen LogP contribution in [0.3, 0.4) is 0 Å². The number of rotatable bonds is 4. The zero-order valence-electron chi connectivity index (χ0n) is 11.1. The second-order valence-electron chi connectivity index (χ2n) is 5.23. The lowest BCUT2D eigenvalue weighted by Gasteiger charge is -2.34. The van der Waals surface area contributed by atoms with Crippen molar-refractivity contribution < 1.29 is 19.7 Å². The van der Waals surface area contributed by atoms with Gasteiger partial charge in [-0.2, -0.15) is 5.26 Å². The Labute approximate surface area is 117 Å². The lowest BCUT2D eigenvalue weighted by molar-refractivity contribution is -0.145. The maximum absolute atomic E-state index is 10.9. The summed E-state index contributed by atoms with van der Waals surface area (Å²) < 4.78 is 5.55. The molecule has 5 heteroatoms. The van der Waals surface area contributed by atoms with Crippen molar-refractivity contribution in [3.63, 3.8) is 0 Å². The van der Waals surface area contributed by atoms with Crippen LogP contribution >= 0.6 is 0 Å². The molecule has 1 aliphatic carbocycles. The molecule has 0 spiro atoms. The van der Waals surface area contributed by atoms with E-state index in [0.29, 0.717) is 37.0 Å². The molecular weight excluding hydrogens is 258 g/mol. The minimum absolute atomic E-state index is 0.0814. The first kappa shape index (κ1) is 14.4. The summed E-state index contributed by atoms with van der Waals surface area (Å²) in [5, 5.41) is 28.3. The molecule has 1 saturated carbocycles. The first-order valence-corrected chi connectivity index (χ1v) is 6.61. The van der Waals surface area contributed by atoms with Gasteiger partial charge in [-0.3, -0.25) is 4.79 Å². The van der Waals surface area contributed by atoms with Crippen molar-refractivity contribution in [2.75, 3.05) is 6.61 Å². The number of hydrogen-bond donors (Lipinski definition) is 2. The lowest BCUT2D eigenvalue weighted by Crippen LogP contribution is -2.41. The predicted octanol–water partition coefficient (Wildman–Crippen LogP) is 1.94. The zero-order chi connectivity index (χ0) is 14.6. The van der Waals surface area contributed by atoms with Gasteiger partial charge in [-0.25, -0.2) is 0 Å². The van der Waals surface area contributed by atoms with Crippen molar-refractivity contribution in [3.05, 3.63) is 29.8 Å². The highest BCUT2D eigenvalue weighted by Crippen LogP contribution is 2.33. The molecule has 5 nitrogen and oxygen atoms in total. The van der Waals surface area contributed by atoms with Crippen molar-refractivity contribution in [1.29, 1.82) is 5.26 Å². The van der Waals surface area contributed by atoms with Crippen molar-refractivity contribution in [2.24, 2.45) is 5.92 Å². The smallest absolute Gasteiger partial charge is 0.306 e. The normalized spacial score (nSPS) is 25.7. The lowest BCUT2D eigenvalue weighted by atomic mass is 9.79. The number of nitriles is 1. The van der Waals surface area contributed by atoms with Crippen LogP contribution in [0.25, 0.3) is 0 Å². The second-order valence-corrected chi connectivity index (χ2v) is 5.23. The molecule has 1 aliphatic rings. The van der Waals surface area contributed by atoms with Gasteiger partial charge >= 0.3 is 5.97 Å². The molecule has 2 N–H and O–H groups in total. The summed E-state index contributed by atoms with van der Waals surface area (Å²) in [5.74, 6) is -0.728. The summed E-state index contributed by atoms with van der Waals surface area (Å²) in [6.45, 7) is 0.0814. The molecule has 0 heterocycles. The number of carboxylic acid groups (broad SMARTS) is 1. The van der Waals surface area contributed by atoms with Crippen LogP contribution in [0.4, 0.5) is 0 Å². The molecule has 0 radical (unpaired) electrons. The molecule has 0 atom stereocenters. The Bertz CT molecular complexity index is 527. The molecule has 0 amide bonds. The summed E-state index contributed by atoms with van der Waals surface area (Å²) >= 11 is 0. The Balaban J connectivity index is 1.94. The van der Waals surface area contributed by atoms with Crippen LogP contribution in [0.15, 0.2) is 24.3 Å². The monoisotopic (exact) mass is 275 g/mol. The van der Waals surface area contributed by atoms with Crippen molar-refractivity contribution in [1.82, 2.24) is 0 Å². The van der Waals surface area contributed by atoms with Crippen molar-refractivity contribution >= 4 is 5.97 Å². The third-order valence-electron chi connectivity index (χ3n) is 3.77. The fourth-order valence-electron chi connectivity index (χ4n) is 2.44. The van der Waals surface area contributed by atoms with Crippen LogP contribution in [0.5, 0.6) is 5.75 Å². The van der Waals surface area contributed by atoms with Crippen LogP contribution in [0, 0.1) is 17.2 Å². The second kappa shape index (κ2) is 5.93. The molecule has 106 valence electrons. The van der Waals surface area contributed by atoms with E-state index in [1.54, 1.807) is 24.3 Å². The van der Waals surface area contributed by atoms with E-state index < -0.39 is 11.6 Å². The van der Waals surface area contributed by atoms with E-state index in [1.807, 2.05) is 6.07 Å². The van der Waals surface area contributed by atoms with E-state index in [1.165, 1.54) is 0 Å². The number of para-hydroxylation sites is 1. The average Bonchev–Trinajstić information content (AvgIpc) is 2.46. The molecule has 20 heavy (non-hydrogen) atoms. The Hall–Kier alpha value is -2.06. The Kier molecular flexibility index (Phi) is 4.26. The molecular formula is C15H17NO4. The third-order valence-corrected chi connectivity index (χ3v) is 3.77. The Morgan fingerprint density at radius 2 is 2.05 bits per heavy atom. The average molecular weight is 275 g/mol. The van der Waals surface area contributed by atoms with E-state index >= 15 is 0 Å². The van der Waals surface area contributed by atoms with E-state index in [9.17, 15) is 9.90 Å². The summed E-state index contributed by atoms with van der Waals surface area (Å²) in [4.78, 5) is 10.9. The SMILES string of the molecule is N#Cc1ccccc1OCC1(O)CCC(C(=O)O)CC1. The predicted molar refractivity (Wildman–Crippen MR) is 71.2 cm³/mol. The van der Waals surface area contributed by atoms with Gasteiger partial charge in [0.05, 0.1) is 17.1 Å². The van der Waals surface area contributed by atoms with Crippen LogP contribution in [0.1, 0.15) is 31.2 Å². The van der Waals surface area contributed by atoms with Gasteiger partial charge in [-0.1, -0.05) is 12.1 Å². The number of carbonyl (C=O) groups is 1. The maximum Gasteiger partial charge on any atom is 0.306 e. The highest BCUT2D eigenvalue weighted by atomic mass is 16.5. The number of hydrogen-bond acceptors (Lipinski definition) is 4. The molecule has 0 unspecified atom stereocenters. The topological polar surface area (TPSA) is 90.5 Å². The van der Waals surface area contributed by atoms with E-state index in [0.717, 1.165) is 0 Å². The van der Waals surface area contributed by atoms with Gasteiger partial charge in [0.15, 0.2) is 0 Å². The minimum atomic E-state index is -1.01. The van der Waals surface area contributed by atoms with Gasteiger partial charge in [0.2, 0.25) is 0 Å². The van der Waals surface area contributed by atoms with Gasteiger partial charge in [0, 0.05) is 0 Å². The van der Waals surface area contributed by atoms with E-state index in [4.69, 9.17) is 15.1 Å². The summed E-state index contributed by atoms with van der Waals surface area (Å²) in [6.07, 6.45) is 1.71. The van der Waals surface area contributed by atoms with Gasteiger partial charge in [-0.15, -0.1) is 0 Å². The van der Waals surface area contributed by atoms with Gasteiger partial charge in [0.25, 0.3) is 0 Å². The number of aliphatic hydroxyl groups is 1. The third kappa shape index (κ3) is 3.28. The zero-order valence-corrected chi connectivity index (χ0v) is 11.1. The van der Waals surface area contributed by atoms with E-state index in [2.05, 4.69) is 0 Å². The van der Waals surface area contributed by atoms with Crippen molar-refractivity contribution in [3.8, 4) is 11.8 Å². The van der Waals surface area contributed by atoms with Crippen LogP contribution in [-0.4, -0.2) is 28.4 Å². The fraction of sp³-hybridized carbons (Fsp3) is 0.467. The maximum atomic E-state index is 10.9. The number of aliphatic carboxylic acids is 1. The largest absolute Gasteiger partial charge is 0.489 e. The first-order chi connectivity index (χ1) is 9.54. The molecule has 1 aromatic carbocycles. The summed E-state index contributed by atoms with van der Waals surface area (Å²) in [7, 11) is 0. The Morgan fingerprint density at radius 3 is 2.65 bits per heavy atom. The minimum Gasteiger partial charge on any atom is -0.489 e. The molecule has 0 aliphatic heterocycles. The van der Waals surface area contributed by atoms with E-state index in [-0.39, 0.29) is 12.5 Å². The molecule has 2 rings (SSSR count).